The number of urea groups is 1. The van der Waals surface area contributed by atoms with Crippen molar-refractivity contribution < 1.29 is 9.59 Å². The third kappa shape index (κ3) is 2.64. The molecule has 0 saturated carbocycles. The highest BCUT2D eigenvalue weighted by Crippen LogP contribution is 2.44. The molecule has 1 saturated heterocycles. The van der Waals surface area contributed by atoms with Crippen LogP contribution in [0.15, 0.2) is 72.8 Å². The molecule has 0 aliphatic carbocycles. The lowest BCUT2D eigenvalue weighted by Gasteiger charge is -2.36. The van der Waals surface area contributed by atoms with Crippen LogP contribution in [0.25, 0.3) is 10.9 Å². The largest absolute Gasteiger partial charge is 0.356 e. The zero-order chi connectivity index (χ0) is 22.0. The molecule has 0 radical (unpaired) electrons. The molecule has 5 heteroatoms. The number of carbonyl (C=O) groups is 2. The first kappa shape index (κ1) is 18.9. The Bertz CT molecular complexity index is 1400. The van der Waals surface area contributed by atoms with Crippen LogP contribution in [0.4, 0.5) is 10.5 Å². The normalized spacial score (nSPS) is 20.1. The number of aromatic nitrogens is 1. The number of fused-ring (bicyclic) bond motifs is 4. The molecule has 158 valence electrons. The van der Waals surface area contributed by atoms with E-state index in [1.165, 1.54) is 4.90 Å². The molecule has 1 N–H and O–H groups in total. The molecule has 1 aromatic heterocycles. The van der Waals surface area contributed by atoms with Crippen molar-refractivity contribution in [1.29, 1.82) is 0 Å². The number of nitrogens with one attached hydrogen (secondary N) is 1. The summed E-state index contributed by atoms with van der Waals surface area (Å²) in [6, 6.07) is 22.8. The van der Waals surface area contributed by atoms with Gasteiger partial charge in [-0.3, -0.25) is 9.69 Å². The molecule has 0 spiro atoms. The highest BCUT2D eigenvalue weighted by atomic mass is 16.2. The molecular formula is C27H23N3O2. The van der Waals surface area contributed by atoms with Gasteiger partial charge < -0.3 is 4.98 Å². The monoisotopic (exact) mass is 421 g/mol. The van der Waals surface area contributed by atoms with E-state index in [0.29, 0.717) is 12.1 Å². The fraction of sp³-hybridized carbons (Fsp3) is 0.185. The quantitative estimate of drug-likeness (QED) is 0.449. The van der Waals surface area contributed by atoms with Crippen LogP contribution in [0.1, 0.15) is 34.0 Å². The maximum atomic E-state index is 13.8. The minimum atomic E-state index is -0.528. The molecular weight excluding hydrogens is 398 g/mol. The fourth-order valence-electron chi connectivity index (χ4n) is 5.27. The predicted molar refractivity (Wildman–Crippen MR) is 125 cm³/mol. The molecule has 3 aromatic carbocycles. The first-order chi connectivity index (χ1) is 15.5. The maximum Gasteiger partial charge on any atom is 0.332 e. The molecule has 2 aliphatic heterocycles. The number of para-hydroxylation sites is 1. The Morgan fingerprint density at radius 2 is 1.62 bits per heavy atom. The first-order valence-electron chi connectivity index (χ1n) is 10.9. The average Bonchev–Trinajstić information content (AvgIpc) is 3.27. The minimum absolute atomic E-state index is 0.158. The predicted octanol–water partition coefficient (Wildman–Crippen LogP) is 5.27. The second kappa shape index (κ2) is 6.82. The molecule has 4 aromatic rings. The molecule has 2 aliphatic rings. The van der Waals surface area contributed by atoms with Crippen molar-refractivity contribution in [3.05, 3.63) is 101 Å². The Hall–Kier alpha value is -3.86. The number of benzene rings is 3. The van der Waals surface area contributed by atoms with E-state index >= 15 is 0 Å². The lowest BCUT2D eigenvalue weighted by atomic mass is 9.88. The van der Waals surface area contributed by atoms with Crippen molar-refractivity contribution in [3.63, 3.8) is 0 Å². The number of aryl methyl sites for hydroxylation is 2. The highest BCUT2D eigenvalue weighted by Gasteiger charge is 2.53. The summed E-state index contributed by atoms with van der Waals surface area (Å²) >= 11 is 0. The first-order valence-corrected chi connectivity index (χ1v) is 10.9. The summed E-state index contributed by atoms with van der Waals surface area (Å²) in [7, 11) is 0. The summed E-state index contributed by atoms with van der Waals surface area (Å²) < 4.78 is 0. The summed E-state index contributed by atoms with van der Waals surface area (Å²) in [5.74, 6) is -0.158. The van der Waals surface area contributed by atoms with Crippen LogP contribution < -0.4 is 4.90 Å². The van der Waals surface area contributed by atoms with Crippen molar-refractivity contribution in [2.75, 3.05) is 4.90 Å². The summed E-state index contributed by atoms with van der Waals surface area (Å²) in [5, 5.41) is 1.12. The van der Waals surface area contributed by atoms with Crippen molar-refractivity contribution in [3.8, 4) is 0 Å². The van der Waals surface area contributed by atoms with Crippen molar-refractivity contribution >= 4 is 28.5 Å². The van der Waals surface area contributed by atoms with Crippen LogP contribution in [0, 0.1) is 13.8 Å². The molecule has 5 nitrogen and oxygen atoms in total. The molecule has 32 heavy (non-hydrogen) atoms. The van der Waals surface area contributed by atoms with Gasteiger partial charge >= 0.3 is 6.03 Å². The molecule has 2 unspecified atom stereocenters. The molecule has 2 atom stereocenters. The molecule has 1 fully saturated rings. The number of anilines is 1. The van der Waals surface area contributed by atoms with Gasteiger partial charge in [0.2, 0.25) is 0 Å². The number of hydrogen-bond acceptors (Lipinski definition) is 2. The Morgan fingerprint density at radius 3 is 2.41 bits per heavy atom. The topological polar surface area (TPSA) is 56.4 Å². The zero-order valence-corrected chi connectivity index (χ0v) is 18.0. The van der Waals surface area contributed by atoms with Gasteiger partial charge in [-0.1, -0.05) is 60.2 Å². The van der Waals surface area contributed by atoms with Gasteiger partial charge in [0.05, 0.1) is 5.69 Å². The third-order valence-electron chi connectivity index (χ3n) is 6.67. The second-order valence-corrected chi connectivity index (χ2v) is 8.80. The van der Waals surface area contributed by atoms with E-state index in [2.05, 4.69) is 23.2 Å². The Labute approximate surface area is 186 Å². The van der Waals surface area contributed by atoms with Gasteiger partial charge in [-0.2, -0.15) is 0 Å². The van der Waals surface area contributed by atoms with E-state index in [1.54, 1.807) is 4.90 Å². The molecule has 3 heterocycles. The fourth-order valence-corrected chi connectivity index (χ4v) is 5.27. The van der Waals surface area contributed by atoms with Gasteiger partial charge in [-0.15, -0.1) is 0 Å². The maximum absolute atomic E-state index is 13.8. The summed E-state index contributed by atoms with van der Waals surface area (Å²) in [5.41, 5.74) is 6.93. The number of imide groups is 1. The number of H-pyrrole nitrogens is 1. The standard InChI is InChI=1S/C27H23N3O2/c1-16-7-5-9-18(13-16)25-24-21(20-11-3-4-12-22(20)28-24)15-23-26(31)29(27(32)30(23)25)19-10-6-8-17(2)14-19/h3-14,23,25,28H,15H2,1-2H3. The van der Waals surface area contributed by atoms with Crippen LogP contribution in [-0.4, -0.2) is 27.9 Å². The number of carbonyl (C=O) groups excluding carboxylic acids is 2. The van der Waals surface area contributed by atoms with Gasteiger partial charge in [0.25, 0.3) is 5.91 Å². The van der Waals surface area contributed by atoms with Gasteiger partial charge in [-0.05, 0) is 48.7 Å². The summed E-state index contributed by atoms with van der Waals surface area (Å²) in [6.45, 7) is 4.01. The second-order valence-electron chi connectivity index (χ2n) is 8.80. The van der Waals surface area contributed by atoms with Crippen LogP contribution in [-0.2, 0) is 11.2 Å². The van der Waals surface area contributed by atoms with Crippen LogP contribution in [0.2, 0.25) is 0 Å². The lowest BCUT2D eigenvalue weighted by molar-refractivity contribution is -0.120. The van der Waals surface area contributed by atoms with Crippen molar-refractivity contribution in [2.24, 2.45) is 0 Å². The molecule has 0 bridgehead atoms. The van der Waals surface area contributed by atoms with E-state index in [4.69, 9.17) is 0 Å². The molecule has 6 rings (SSSR count). The van der Waals surface area contributed by atoms with Gasteiger partial charge in [-0.25, -0.2) is 9.69 Å². The van der Waals surface area contributed by atoms with E-state index in [0.717, 1.165) is 38.9 Å². The van der Waals surface area contributed by atoms with Crippen molar-refractivity contribution in [1.82, 2.24) is 9.88 Å². The van der Waals surface area contributed by atoms with Crippen LogP contribution in [0.3, 0.4) is 0 Å². The van der Waals surface area contributed by atoms with E-state index < -0.39 is 6.04 Å². The number of hydrogen-bond donors (Lipinski definition) is 1. The van der Waals surface area contributed by atoms with Crippen molar-refractivity contribution in [2.45, 2.75) is 32.4 Å². The van der Waals surface area contributed by atoms with Gasteiger partial charge in [0.1, 0.15) is 12.1 Å². The average molecular weight is 422 g/mol. The van der Waals surface area contributed by atoms with Crippen LogP contribution >= 0.6 is 0 Å². The van der Waals surface area contributed by atoms with E-state index in [9.17, 15) is 9.59 Å². The van der Waals surface area contributed by atoms with Crippen LogP contribution in [0.5, 0.6) is 0 Å². The summed E-state index contributed by atoms with van der Waals surface area (Å²) in [6.07, 6.45) is 0.508. The number of aromatic amines is 1. The smallest absolute Gasteiger partial charge is 0.332 e. The van der Waals surface area contributed by atoms with E-state index in [1.807, 2.05) is 68.4 Å². The van der Waals surface area contributed by atoms with Gasteiger partial charge in [0.15, 0.2) is 0 Å². The van der Waals surface area contributed by atoms with Gasteiger partial charge in [0, 0.05) is 23.0 Å². The Balaban J connectivity index is 1.56. The molecule has 3 amide bonds. The third-order valence-corrected chi connectivity index (χ3v) is 6.67. The summed E-state index contributed by atoms with van der Waals surface area (Å²) in [4.78, 5) is 34.1. The van der Waals surface area contributed by atoms with E-state index in [-0.39, 0.29) is 18.0 Å². The Morgan fingerprint density at radius 1 is 0.875 bits per heavy atom. The number of rotatable bonds is 2. The lowest BCUT2D eigenvalue weighted by Crippen LogP contribution is -2.44. The number of nitrogens with zero attached hydrogens (tertiary/aromatic N) is 2. The minimum Gasteiger partial charge on any atom is -0.356 e. The SMILES string of the molecule is Cc1cccc(C2c3[nH]c4ccccc4c3CC3C(=O)N(c4cccc(C)c4)C(=O)N32)c1. The zero-order valence-electron chi connectivity index (χ0n) is 18.0. The highest BCUT2D eigenvalue weighted by molar-refractivity contribution is 6.22. The Kier molecular flexibility index (Phi) is 4.02. The number of amides is 3.